The van der Waals surface area contributed by atoms with E-state index in [1.54, 1.807) is 36.4 Å². The highest BCUT2D eigenvalue weighted by atomic mass is 32.1. The Morgan fingerprint density at radius 2 is 1.81 bits per heavy atom. The second-order valence-corrected chi connectivity index (χ2v) is 9.57. The number of fused-ring (bicyclic) bond motifs is 1. The third-order valence-corrected chi connectivity index (χ3v) is 7.00. The average Bonchev–Trinajstić information content (AvgIpc) is 3.40. The number of aliphatic hydroxyl groups is 1. The van der Waals surface area contributed by atoms with Crippen LogP contribution >= 0.6 is 11.3 Å². The van der Waals surface area contributed by atoms with E-state index in [9.17, 15) is 19.1 Å². The minimum atomic E-state index is -0.920. The van der Waals surface area contributed by atoms with E-state index in [-0.39, 0.29) is 16.5 Å². The SMILES string of the molecule is CCCOc1ccc(C2C(=C(O)c3ccc(C)cc3)C(=O)C(=O)N2c2nc3ccc(F)cc3s2)cc1. The first-order valence-corrected chi connectivity index (χ1v) is 12.4. The maximum atomic E-state index is 13.8. The molecule has 0 radical (unpaired) electrons. The molecule has 1 aliphatic rings. The highest BCUT2D eigenvalue weighted by Crippen LogP contribution is 2.44. The molecule has 8 heteroatoms. The van der Waals surface area contributed by atoms with Gasteiger partial charge in [0.25, 0.3) is 5.78 Å². The van der Waals surface area contributed by atoms with Crippen LogP contribution in [0.2, 0.25) is 0 Å². The number of thiazole rings is 1. The first-order chi connectivity index (χ1) is 17.4. The van der Waals surface area contributed by atoms with E-state index in [0.717, 1.165) is 23.3 Å². The van der Waals surface area contributed by atoms with Gasteiger partial charge >= 0.3 is 5.91 Å². The molecular weight excluding hydrogens is 479 g/mol. The zero-order valence-corrected chi connectivity index (χ0v) is 20.5. The van der Waals surface area contributed by atoms with E-state index in [4.69, 9.17) is 4.74 Å². The number of hydrogen-bond acceptors (Lipinski definition) is 6. The van der Waals surface area contributed by atoms with Crippen molar-refractivity contribution in [2.24, 2.45) is 0 Å². The third-order valence-electron chi connectivity index (χ3n) is 5.98. The number of carbonyl (C=O) groups excluding carboxylic acids is 2. The van der Waals surface area contributed by atoms with Crippen molar-refractivity contribution in [1.82, 2.24) is 4.98 Å². The monoisotopic (exact) mass is 502 g/mol. The van der Waals surface area contributed by atoms with E-state index in [0.29, 0.717) is 33.7 Å². The number of anilines is 1. The molecule has 4 aromatic rings. The number of hydrogen-bond donors (Lipinski definition) is 1. The first-order valence-electron chi connectivity index (χ1n) is 11.5. The zero-order valence-electron chi connectivity index (χ0n) is 19.7. The van der Waals surface area contributed by atoms with Crippen LogP contribution in [0.3, 0.4) is 0 Å². The summed E-state index contributed by atoms with van der Waals surface area (Å²) < 4.78 is 20.0. The summed E-state index contributed by atoms with van der Waals surface area (Å²) in [6, 6.07) is 17.4. The van der Waals surface area contributed by atoms with Crippen LogP contribution in [0.4, 0.5) is 9.52 Å². The van der Waals surface area contributed by atoms with Crippen LogP contribution in [0.25, 0.3) is 16.0 Å². The zero-order chi connectivity index (χ0) is 25.4. The largest absolute Gasteiger partial charge is 0.507 e. The molecule has 1 aliphatic heterocycles. The normalized spacial score (nSPS) is 17.2. The van der Waals surface area contributed by atoms with E-state index in [1.165, 1.54) is 23.1 Å². The number of nitrogens with zero attached hydrogens (tertiary/aromatic N) is 2. The summed E-state index contributed by atoms with van der Waals surface area (Å²) in [6.45, 7) is 4.49. The molecule has 0 aliphatic carbocycles. The molecule has 36 heavy (non-hydrogen) atoms. The summed E-state index contributed by atoms with van der Waals surface area (Å²) in [6.07, 6.45) is 0.858. The molecule has 1 amide bonds. The van der Waals surface area contributed by atoms with Crippen LogP contribution in [-0.4, -0.2) is 28.4 Å². The number of halogens is 1. The second-order valence-electron chi connectivity index (χ2n) is 8.56. The Morgan fingerprint density at radius 3 is 2.50 bits per heavy atom. The third kappa shape index (κ3) is 4.24. The smallest absolute Gasteiger partial charge is 0.301 e. The van der Waals surface area contributed by atoms with Crippen molar-refractivity contribution < 1.29 is 23.8 Å². The van der Waals surface area contributed by atoms with E-state index >= 15 is 0 Å². The van der Waals surface area contributed by atoms with Crippen molar-refractivity contribution in [2.75, 3.05) is 11.5 Å². The summed E-state index contributed by atoms with van der Waals surface area (Å²) in [5, 5.41) is 11.5. The Morgan fingerprint density at radius 1 is 1.08 bits per heavy atom. The lowest BCUT2D eigenvalue weighted by Gasteiger charge is -2.23. The molecule has 0 spiro atoms. The molecule has 1 saturated heterocycles. The molecule has 3 aromatic carbocycles. The van der Waals surface area contributed by atoms with Gasteiger partial charge in [-0.05, 0) is 49.2 Å². The van der Waals surface area contributed by atoms with Gasteiger partial charge in [-0.15, -0.1) is 0 Å². The molecule has 1 N–H and O–H groups in total. The maximum absolute atomic E-state index is 13.8. The number of aryl methyl sites for hydroxylation is 1. The van der Waals surface area contributed by atoms with Crippen LogP contribution in [0.1, 0.15) is 36.1 Å². The minimum absolute atomic E-state index is 0.0310. The van der Waals surface area contributed by atoms with Crippen molar-refractivity contribution in [3.05, 3.63) is 94.8 Å². The molecule has 0 saturated carbocycles. The Labute approximate surface area is 211 Å². The second kappa shape index (κ2) is 9.54. The predicted molar refractivity (Wildman–Crippen MR) is 138 cm³/mol. The molecule has 1 fully saturated rings. The fraction of sp³-hybridized carbons (Fsp3) is 0.179. The molecule has 0 bridgehead atoms. The number of rotatable bonds is 6. The lowest BCUT2D eigenvalue weighted by Crippen LogP contribution is -2.29. The quantitative estimate of drug-likeness (QED) is 0.194. The summed E-state index contributed by atoms with van der Waals surface area (Å²) in [5.41, 5.74) is 2.51. The van der Waals surface area contributed by atoms with Gasteiger partial charge in [0.05, 0.1) is 28.4 Å². The Kier molecular flexibility index (Phi) is 6.28. The summed E-state index contributed by atoms with van der Waals surface area (Å²) in [4.78, 5) is 32.4. The molecule has 2 heterocycles. The van der Waals surface area contributed by atoms with Gasteiger partial charge in [0, 0.05) is 5.56 Å². The van der Waals surface area contributed by atoms with Gasteiger partial charge in [-0.2, -0.15) is 0 Å². The van der Waals surface area contributed by atoms with Gasteiger partial charge in [-0.1, -0.05) is 60.2 Å². The van der Waals surface area contributed by atoms with E-state index in [2.05, 4.69) is 4.98 Å². The first kappa shape index (κ1) is 23.7. The number of carbonyl (C=O) groups is 2. The van der Waals surface area contributed by atoms with Crippen molar-refractivity contribution in [3.63, 3.8) is 0 Å². The Hall–Kier alpha value is -4.04. The summed E-state index contributed by atoms with van der Waals surface area (Å²) >= 11 is 1.11. The molecule has 182 valence electrons. The van der Waals surface area contributed by atoms with Crippen LogP contribution in [0, 0.1) is 12.7 Å². The number of aliphatic hydroxyl groups excluding tert-OH is 1. The van der Waals surface area contributed by atoms with Crippen molar-refractivity contribution in [1.29, 1.82) is 0 Å². The number of amides is 1. The number of ketones is 1. The van der Waals surface area contributed by atoms with Gasteiger partial charge < -0.3 is 9.84 Å². The predicted octanol–water partition coefficient (Wildman–Crippen LogP) is 6.16. The number of Topliss-reactive ketones (excluding diaryl/α,β-unsaturated/α-hetero) is 1. The van der Waals surface area contributed by atoms with Gasteiger partial charge in [-0.25, -0.2) is 9.37 Å². The van der Waals surface area contributed by atoms with Gasteiger partial charge in [0.1, 0.15) is 17.3 Å². The van der Waals surface area contributed by atoms with Crippen LogP contribution in [0.5, 0.6) is 5.75 Å². The van der Waals surface area contributed by atoms with Crippen molar-refractivity contribution in [3.8, 4) is 5.75 Å². The Balaban J connectivity index is 1.67. The highest BCUT2D eigenvalue weighted by molar-refractivity contribution is 7.22. The van der Waals surface area contributed by atoms with E-state index < -0.39 is 23.5 Å². The van der Waals surface area contributed by atoms with Crippen molar-refractivity contribution in [2.45, 2.75) is 26.3 Å². The molecule has 1 aromatic heterocycles. The summed E-state index contributed by atoms with van der Waals surface area (Å²) in [7, 11) is 0. The number of benzene rings is 3. The van der Waals surface area contributed by atoms with Gasteiger partial charge in [0.2, 0.25) is 0 Å². The molecule has 1 atom stereocenters. The molecule has 6 nitrogen and oxygen atoms in total. The molecular formula is C28H23FN2O4S. The molecule has 5 rings (SSSR count). The lowest BCUT2D eigenvalue weighted by atomic mass is 9.95. The Bertz CT molecular complexity index is 1490. The lowest BCUT2D eigenvalue weighted by molar-refractivity contribution is -0.132. The van der Waals surface area contributed by atoms with E-state index in [1.807, 2.05) is 26.0 Å². The number of ether oxygens (including phenoxy) is 1. The minimum Gasteiger partial charge on any atom is -0.507 e. The highest BCUT2D eigenvalue weighted by Gasteiger charge is 2.48. The standard InChI is InChI=1S/C28H23FN2O4S/c1-3-14-35-20-11-8-17(9-12-20)24-23(25(32)18-6-4-16(2)5-7-18)26(33)27(34)31(24)28-30-21-13-10-19(29)15-22(21)36-28/h4-13,15,24,32H,3,14H2,1-2H3. The van der Waals surface area contributed by atoms with Crippen LogP contribution < -0.4 is 9.64 Å². The van der Waals surface area contributed by atoms with Crippen LogP contribution in [0.15, 0.2) is 72.3 Å². The maximum Gasteiger partial charge on any atom is 0.301 e. The topological polar surface area (TPSA) is 79.7 Å². The fourth-order valence-electron chi connectivity index (χ4n) is 4.17. The fourth-order valence-corrected chi connectivity index (χ4v) is 5.18. The van der Waals surface area contributed by atoms with Gasteiger partial charge in [0.15, 0.2) is 5.13 Å². The van der Waals surface area contributed by atoms with Crippen LogP contribution in [-0.2, 0) is 9.59 Å². The average molecular weight is 503 g/mol. The van der Waals surface area contributed by atoms with Crippen molar-refractivity contribution >= 4 is 44.1 Å². The summed E-state index contributed by atoms with van der Waals surface area (Å²) in [5.74, 6) is -1.64. The number of aromatic nitrogens is 1. The molecule has 1 unspecified atom stereocenters. The van der Waals surface area contributed by atoms with Gasteiger partial charge in [-0.3, -0.25) is 14.5 Å².